The third-order valence-electron chi connectivity index (χ3n) is 2.42. The molecule has 1 aromatic rings. The topological polar surface area (TPSA) is 55.4 Å². The number of rotatable bonds is 7. The van der Waals surface area contributed by atoms with Gasteiger partial charge in [-0.15, -0.1) is 0 Å². The Labute approximate surface area is 124 Å². The van der Waals surface area contributed by atoms with Crippen molar-refractivity contribution in [2.24, 2.45) is 0 Å². The third kappa shape index (κ3) is 6.20. The van der Waals surface area contributed by atoms with Crippen molar-refractivity contribution in [3.63, 3.8) is 0 Å². The van der Waals surface area contributed by atoms with Crippen LogP contribution in [0.4, 0.5) is 0 Å². The highest BCUT2D eigenvalue weighted by Gasteiger charge is 2.15. The molecule has 6 heteroatoms. The Hall–Kier alpha value is -0.880. The zero-order valence-corrected chi connectivity index (χ0v) is 13.4. The summed E-state index contributed by atoms with van der Waals surface area (Å²) in [7, 11) is -0.814. The molecule has 0 aromatic heterocycles. The number of hydrogen-bond acceptors (Lipinski definition) is 3. The number of halogens is 1. The van der Waals surface area contributed by atoms with Gasteiger partial charge >= 0.3 is 0 Å². The Morgan fingerprint density at radius 1 is 1.47 bits per heavy atom. The lowest BCUT2D eigenvalue weighted by atomic mass is 10.3. The normalized spacial score (nSPS) is 13.6. The van der Waals surface area contributed by atoms with E-state index < -0.39 is 16.9 Å². The predicted octanol–water partition coefficient (Wildman–Crippen LogP) is 2.10. The van der Waals surface area contributed by atoms with E-state index in [0.717, 1.165) is 4.47 Å². The third-order valence-corrected chi connectivity index (χ3v) is 3.94. The molecule has 1 rings (SSSR count). The van der Waals surface area contributed by atoms with Crippen molar-refractivity contribution in [3.8, 4) is 5.75 Å². The van der Waals surface area contributed by atoms with Crippen LogP contribution in [0, 0.1) is 0 Å². The number of ether oxygens (including phenoxy) is 1. The summed E-state index contributed by atoms with van der Waals surface area (Å²) < 4.78 is 17.3. The Morgan fingerprint density at radius 2 is 2.16 bits per heavy atom. The molecule has 0 saturated carbocycles. The number of amides is 1. The first kappa shape index (κ1) is 16.2. The van der Waals surface area contributed by atoms with Gasteiger partial charge in [0.15, 0.2) is 6.10 Å². The molecule has 0 aliphatic heterocycles. The lowest BCUT2D eigenvalue weighted by Gasteiger charge is -2.15. The molecular formula is C13H18BrNO3S. The Kier molecular flexibility index (Phi) is 7.09. The van der Waals surface area contributed by atoms with Crippen molar-refractivity contribution in [3.05, 3.63) is 28.7 Å². The molecule has 1 amide bonds. The van der Waals surface area contributed by atoms with Crippen LogP contribution < -0.4 is 10.1 Å². The summed E-state index contributed by atoms with van der Waals surface area (Å²) in [6, 6.07) is 7.39. The van der Waals surface area contributed by atoms with Gasteiger partial charge in [-0.05, 0) is 41.4 Å². The number of carbonyl (C=O) groups excluding carboxylic acids is 1. The molecule has 0 fully saturated rings. The minimum absolute atomic E-state index is 0.169. The van der Waals surface area contributed by atoms with Gasteiger partial charge in [0.25, 0.3) is 5.91 Å². The van der Waals surface area contributed by atoms with Crippen LogP contribution in [0.25, 0.3) is 0 Å². The number of benzene rings is 1. The number of carbonyl (C=O) groups is 1. The van der Waals surface area contributed by atoms with Crippen molar-refractivity contribution >= 4 is 32.6 Å². The first-order chi connectivity index (χ1) is 9.00. The average molecular weight is 348 g/mol. The number of hydrogen-bond donors (Lipinski definition) is 1. The predicted molar refractivity (Wildman–Crippen MR) is 80.8 cm³/mol. The summed E-state index contributed by atoms with van der Waals surface area (Å²) in [6.07, 6.45) is 1.79. The van der Waals surface area contributed by atoms with Gasteiger partial charge < -0.3 is 10.1 Å². The van der Waals surface area contributed by atoms with Crippen LogP contribution >= 0.6 is 15.9 Å². The Morgan fingerprint density at radius 3 is 2.79 bits per heavy atom. The minimum atomic E-state index is -0.814. The van der Waals surface area contributed by atoms with E-state index >= 15 is 0 Å². The van der Waals surface area contributed by atoms with Crippen molar-refractivity contribution in [2.45, 2.75) is 19.4 Å². The van der Waals surface area contributed by atoms with E-state index in [1.165, 1.54) is 0 Å². The molecule has 4 nitrogen and oxygen atoms in total. The molecular weight excluding hydrogens is 330 g/mol. The highest BCUT2D eigenvalue weighted by Crippen LogP contribution is 2.24. The SMILES string of the molecule is C[C@H](Oc1ccccc1Br)C(=O)NCCC[S@](C)=O. The highest BCUT2D eigenvalue weighted by atomic mass is 79.9. The largest absolute Gasteiger partial charge is 0.480 e. The molecule has 0 radical (unpaired) electrons. The van der Waals surface area contributed by atoms with Gasteiger partial charge in [-0.3, -0.25) is 9.00 Å². The summed E-state index contributed by atoms with van der Waals surface area (Å²) in [5.41, 5.74) is 0. The van der Waals surface area contributed by atoms with Crippen molar-refractivity contribution in [1.82, 2.24) is 5.32 Å². The smallest absolute Gasteiger partial charge is 0.260 e. The van der Waals surface area contributed by atoms with Gasteiger partial charge in [0.05, 0.1) is 4.47 Å². The fourth-order valence-electron chi connectivity index (χ4n) is 1.42. The molecule has 1 aromatic carbocycles. The highest BCUT2D eigenvalue weighted by molar-refractivity contribution is 9.10. The van der Waals surface area contributed by atoms with Crippen LogP contribution in [-0.2, 0) is 15.6 Å². The Balaban J connectivity index is 2.37. The zero-order chi connectivity index (χ0) is 14.3. The first-order valence-electron chi connectivity index (χ1n) is 5.99. The average Bonchev–Trinajstić information content (AvgIpc) is 2.36. The van der Waals surface area contributed by atoms with Crippen LogP contribution in [0.1, 0.15) is 13.3 Å². The number of para-hydroxylation sites is 1. The van der Waals surface area contributed by atoms with Gasteiger partial charge in [-0.25, -0.2) is 0 Å². The van der Waals surface area contributed by atoms with E-state index in [4.69, 9.17) is 4.74 Å². The fourth-order valence-corrected chi connectivity index (χ4v) is 2.34. The van der Waals surface area contributed by atoms with Crippen LogP contribution in [0.3, 0.4) is 0 Å². The molecule has 0 unspecified atom stereocenters. The van der Waals surface area contributed by atoms with Crippen LogP contribution in [0.2, 0.25) is 0 Å². The first-order valence-corrected chi connectivity index (χ1v) is 8.51. The second-order valence-corrected chi connectivity index (χ2v) is 6.52. The second kappa shape index (κ2) is 8.32. The molecule has 19 heavy (non-hydrogen) atoms. The maximum Gasteiger partial charge on any atom is 0.260 e. The van der Waals surface area contributed by atoms with Crippen LogP contribution in [-0.4, -0.2) is 34.8 Å². The summed E-state index contributed by atoms with van der Waals surface area (Å²) in [6.45, 7) is 2.22. The van der Waals surface area contributed by atoms with Gasteiger partial charge in [0, 0.05) is 29.4 Å². The van der Waals surface area contributed by atoms with E-state index in [1.54, 1.807) is 19.2 Å². The molecule has 0 saturated heterocycles. The van der Waals surface area contributed by atoms with E-state index in [2.05, 4.69) is 21.2 Å². The zero-order valence-electron chi connectivity index (χ0n) is 11.0. The van der Waals surface area contributed by atoms with Crippen molar-refractivity contribution < 1.29 is 13.7 Å². The van der Waals surface area contributed by atoms with Gasteiger partial charge in [-0.1, -0.05) is 12.1 Å². The van der Waals surface area contributed by atoms with E-state index in [1.807, 2.05) is 18.2 Å². The van der Waals surface area contributed by atoms with Crippen molar-refractivity contribution in [2.75, 3.05) is 18.6 Å². The lowest BCUT2D eigenvalue weighted by Crippen LogP contribution is -2.37. The van der Waals surface area contributed by atoms with Gasteiger partial charge in [0.1, 0.15) is 5.75 Å². The van der Waals surface area contributed by atoms with Gasteiger partial charge in [0.2, 0.25) is 0 Å². The molecule has 0 spiro atoms. The van der Waals surface area contributed by atoms with Crippen molar-refractivity contribution in [1.29, 1.82) is 0 Å². The molecule has 2 atom stereocenters. The molecule has 0 heterocycles. The monoisotopic (exact) mass is 347 g/mol. The quantitative estimate of drug-likeness (QED) is 0.768. The molecule has 0 bridgehead atoms. The Bertz CT molecular complexity index is 453. The van der Waals surface area contributed by atoms with E-state index in [-0.39, 0.29) is 5.91 Å². The fraction of sp³-hybridized carbons (Fsp3) is 0.462. The van der Waals surface area contributed by atoms with E-state index in [9.17, 15) is 9.00 Å². The summed E-state index contributed by atoms with van der Waals surface area (Å²) in [5, 5.41) is 2.76. The van der Waals surface area contributed by atoms with E-state index in [0.29, 0.717) is 24.5 Å². The summed E-state index contributed by atoms with van der Waals surface area (Å²) in [4.78, 5) is 11.8. The number of nitrogens with one attached hydrogen (secondary N) is 1. The maximum absolute atomic E-state index is 11.8. The van der Waals surface area contributed by atoms with Crippen LogP contribution in [0.5, 0.6) is 5.75 Å². The van der Waals surface area contributed by atoms with Gasteiger partial charge in [-0.2, -0.15) is 0 Å². The summed E-state index contributed by atoms with van der Waals surface area (Å²) in [5.74, 6) is 1.07. The lowest BCUT2D eigenvalue weighted by molar-refractivity contribution is -0.127. The molecule has 0 aliphatic carbocycles. The minimum Gasteiger partial charge on any atom is -0.480 e. The van der Waals surface area contributed by atoms with Crippen LogP contribution in [0.15, 0.2) is 28.7 Å². The maximum atomic E-state index is 11.8. The summed E-state index contributed by atoms with van der Waals surface area (Å²) >= 11 is 3.36. The standard InChI is InChI=1S/C13H18BrNO3S/c1-10(13(16)15-8-5-9-19(2)17)18-12-7-4-3-6-11(12)14/h3-4,6-7,10H,5,8-9H2,1-2H3,(H,15,16)/t10-,19-/m0/s1. The molecule has 1 N–H and O–H groups in total. The molecule has 0 aliphatic rings. The molecule has 106 valence electrons. The second-order valence-electron chi connectivity index (χ2n) is 4.11.